The average molecular weight is 1250 g/mol. The summed E-state index contributed by atoms with van der Waals surface area (Å²) in [6.45, 7) is 21.8. The molecule has 414 valence electrons. The third-order valence-corrected chi connectivity index (χ3v) is 16.2. The van der Waals surface area contributed by atoms with Crippen LogP contribution in [-0.4, -0.2) is 145 Å². The molecule has 2 aliphatic carbocycles. The second-order valence-electron chi connectivity index (χ2n) is 20.2. The van der Waals surface area contributed by atoms with Gasteiger partial charge in [0.05, 0.1) is 50.8 Å². The molecule has 17 heteroatoms. The number of benzene rings is 5. The Hall–Kier alpha value is -4.08. The molecule has 7 N–H and O–H groups in total. The van der Waals surface area contributed by atoms with Crippen molar-refractivity contribution < 1.29 is 23.8 Å². The summed E-state index contributed by atoms with van der Waals surface area (Å²) in [7, 11) is 0. The highest BCUT2D eigenvalue weighted by Gasteiger charge is 2.26. The van der Waals surface area contributed by atoms with Gasteiger partial charge in [-0.3, -0.25) is 29.6 Å². The summed E-state index contributed by atoms with van der Waals surface area (Å²) >= 11 is 10.1. The van der Waals surface area contributed by atoms with Crippen LogP contribution in [0.4, 0.5) is 11.4 Å². The maximum Gasteiger partial charge on any atom is 0.258 e. The molecule has 0 unspecified atom stereocenters. The molecule has 0 aromatic heterocycles. The monoisotopic (exact) mass is 1240 g/mol. The van der Waals surface area contributed by atoms with Crippen LogP contribution in [0.3, 0.4) is 0 Å². The maximum absolute atomic E-state index is 11.1. The number of rotatable bonds is 10. The Kier molecular flexibility index (Phi) is 24.3. The summed E-state index contributed by atoms with van der Waals surface area (Å²) in [6, 6.07) is 31.6. The van der Waals surface area contributed by atoms with E-state index in [1.54, 1.807) is 34.9 Å². The molecule has 8 aliphatic rings. The van der Waals surface area contributed by atoms with Crippen molar-refractivity contribution in [3.8, 4) is 0 Å². The van der Waals surface area contributed by atoms with E-state index in [-0.39, 0.29) is 11.8 Å². The molecule has 0 bridgehead atoms. The quantitative estimate of drug-likeness (QED) is 0.0741. The Morgan fingerprint density at radius 1 is 0.442 bits per heavy atom. The molecule has 13 rings (SSSR count). The first-order chi connectivity index (χ1) is 37.7. The summed E-state index contributed by atoms with van der Waals surface area (Å²) in [5.74, 6) is -0.640. The molecule has 6 aliphatic heterocycles. The molecule has 3 saturated heterocycles. The minimum Gasteiger partial charge on any atom is -0.384 e. The van der Waals surface area contributed by atoms with Gasteiger partial charge in [0.25, 0.3) is 11.8 Å². The van der Waals surface area contributed by atoms with Gasteiger partial charge in [-0.05, 0) is 150 Å². The second kappa shape index (κ2) is 31.6. The van der Waals surface area contributed by atoms with Gasteiger partial charge in [0.1, 0.15) is 0 Å². The van der Waals surface area contributed by atoms with E-state index in [2.05, 4.69) is 162 Å². The van der Waals surface area contributed by atoms with Crippen molar-refractivity contribution in [2.24, 2.45) is 5.73 Å². The summed E-state index contributed by atoms with van der Waals surface area (Å²) in [5, 5.41) is 15.9. The third-order valence-electron chi connectivity index (χ3n) is 14.8. The van der Waals surface area contributed by atoms with Crippen LogP contribution in [0.5, 0.6) is 0 Å². The van der Waals surface area contributed by atoms with Crippen LogP contribution < -0.4 is 32.3 Å². The molecule has 3 fully saturated rings. The number of hydrogen-bond acceptors (Lipinski definition) is 13. The zero-order valence-electron chi connectivity index (χ0n) is 44.6. The molecule has 6 heterocycles. The fourth-order valence-electron chi connectivity index (χ4n) is 10.4. The van der Waals surface area contributed by atoms with Crippen LogP contribution in [-0.2, 0) is 66.1 Å². The molecular weight excluding hydrogens is 1170 g/mol. The van der Waals surface area contributed by atoms with Crippen LogP contribution in [0.25, 0.3) is 0 Å². The number of nitrogens with zero attached hydrogens (tertiary/aromatic N) is 3. The molecule has 5 aromatic rings. The fraction of sp³-hybridized carbons (Fsp3) is 0.467. The number of amides is 2. The molecule has 0 saturated carbocycles. The molecule has 14 nitrogen and oxygen atoms in total. The lowest BCUT2D eigenvalue weighted by atomic mass is 10.1. The van der Waals surface area contributed by atoms with E-state index in [0.29, 0.717) is 11.1 Å². The number of morpholine rings is 3. The first-order valence-electron chi connectivity index (χ1n) is 27.6. The lowest BCUT2D eigenvalue weighted by Crippen LogP contribution is -2.39. The fourth-order valence-corrected chi connectivity index (χ4v) is 11.6. The summed E-state index contributed by atoms with van der Waals surface area (Å²) in [4.78, 5) is 29.4. The predicted molar refractivity (Wildman–Crippen MR) is 320 cm³/mol. The number of ether oxygens (including phenoxy) is 3. The lowest BCUT2D eigenvalue weighted by Gasteiger charge is -2.26. The first kappa shape index (κ1) is 59.1. The molecule has 0 atom stereocenters. The van der Waals surface area contributed by atoms with Crippen LogP contribution in [0.2, 0.25) is 0 Å². The Labute approximate surface area is 481 Å². The lowest BCUT2D eigenvalue weighted by molar-refractivity contribution is 0.0394. The van der Waals surface area contributed by atoms with E-state index in [0.717, 1.165) is 149 Å². The highest BCUT2D eigenvalue weighted by molar-refractivity contribution is 9.11. The van der Waals surface area contributed by atoms with Crippen molar-refractivity contribution in [2.45, 2.75) is 64.7 Å². The molecule has 0 radical (unpaired) electrons. The number of nitrogens with one attached hydrogen (secondary N) is 5. The Balaban J connectivity index is 0.000000125. The van der Waals surface area contributed by atoms with Crippen molar-refractivity contribution >= 4 is 71.0 Å². The zero-order chi connectivity index (χ0) is 53.6. The number of carbonyl (C=O) groups is 2. The van der Waals surface area contributed by atoms with E-state index in [1.807, 2.05) is 0 Å². The van der Waals surface area contributed by atoms with Gasteiger partial charge in [-0.25, -0.2) is 0 Å². The average Bonchev–Trinajstić information content (AvgIpc) is 4.34. The zero-order valence-corrected chi connectivity index (χ0v) is 49.3. The minimum atomic E-state index is -0.323. The normalized spacial score (nSPS) is 18.1. The van der Waals surface area contributed by atoms with Gasteiger partial charge < -0.3 is 41.2 Å². The largest absolute Gasteiger partial charge is 0.384 e. The van der Waals surface area contributed by atoms with E-state index in [1.165, 1.54) is 86.7 Å². The summed E-state index contributed by atoms with van der Waals surface area (Å²) in [5.41, 5.74) is 20.7. The van der Waals surface area contributed by atoms with Gasteiger partial charge in [0.15, 0.2) is 0 Å². The van der Waals surface area contributed by atoms with Crippen molar-refractivity contribution in [2.75, 3.05) is 129 Å². The van der Waals surface area contributed by atoms with Gasteiger partial charge in [-0.1, -0.05) is 72.1 Å². The number of aryl methyl sites for hydroxylation is 4. The Morgan fingerprint density at radius 2 is 0.831 bits per heavy atom. The second-order valence-corrected chi connectivity index (χ2v) is 22.9. The Morgan fingerprint density at radius 3 is 1.38 bits per heavy atom. The van der Waals surface area contributed by atoms with E-state index in [4.69, 9.17) is 19.9 Å². The number of nitrogens with two attached hydrogens (primary N) is 1. The number of fused-ring (bicyclic) bond motifs is 5. The van der Waals surface area contributed by atoms with E-state index >= 15 is 0 Å². The highest BCUT2D eigenvalue weighted by atomic mass is 79.9. The van der Waals surface area contributed by atoms with Gasteiger partial charge >= 0.3 is 0 Å². The molecule has 5 aromatic carbocycles. The number of imide groups is 1. The number of hydrogen-bond donors (Lipinski definition) is 6. The number of anilines is 2. The predicted octanol–water partition coefficient (Wildman–Crippen LogP) is 8.55. The highest BCUT2D eigenvalue weighted by Crippen LogP contribution is 2.27. The molecule has 77 heavy (non-hydrogen) atoms. The van der Waals surface area contributed by atoms with Crippen molar-refractivity contribution in [3.05, 3.63) is 160 Å². The molecule has 0 spiro atoms. The topological polar surface area (TPSA) is 158 Å². The SMILES string of the molecule is Brc1ccc2c(c1)CCC2.Brc1ccc2c(c1)CNC2.NCCN1CCOCC1.O=C1NC(=O)c2cc(Br)ccc21.c1cc2c(cc1NCCN1CCOCC1)CCC2.c1cc2c(cc1NCCN1CCOCC1)CNC2. The maximum atomic E-state index is 11.1. The van der Waals surface area contributed by atoms with Gasteiger partial charge in [-0.15, -0.1) is 0 Å². The van der Waals surface area contributed by atoms with E-state index < -0.39 is 0 Å². The van der Waals surface area contributed by atoms with Gasteiger partial charge in [0.2, 0.25) is 0 Å². The van der Waals surface area contributed by atoms with Crippen LogP contribution in [0.15, 0.2) is 104 Å². The van der Waals surface area contributed by atoms with E-state index in [9.17, 15) is 9.59 Å². The van der Waals surface area contributed by atoms with Gasteiger partial charge in [0, 0.05) is 130 Å². The van der Waals surface area contributed by atoms with Crippen molar-refractivity contribution in [3.63, 3.8) is 0 Å². The third kappa shape index (κ3) is 19.0. The number of halogens is 3. The van der Waals surface area contributed by atoms with Crippen LogP contribution >= 0.6 is 47.8 Å². The van der Waals surface area contributed by atoms with Crippen molar-refractivity contribution in [1.82, 2.24) is 30.7 Å². The smallest absolute Gasteiger partial charge is 0.258 e. The molecular formula is C60H78Br3N9O5. The summed E-state index contributed by atoms with van der Waals surface area (Å²) < 4.78 is 19.1. The Bertz CT molecular complexity index is 2540. The number of carbonyl (C=O) groups excluding carboxylic acids is 2. The minimum absolute atomic E-state index is 0.317. The van der Waals surface area contributed by atoms with Crippen molar-refractivity contribution in [1.29, 1.82) is 0 Å². The standard InChI is InChI=1S/C15H22N2O.C14H21N3O.C9H9Br.C8H4BrNO2.C8H8BrN.C6H14N2O/c1-2-13-4-5-15(12-14(13)3-1)16-6-7-17-8-10-18-11-9-17;1-2-14(9-13-11-15-10-12(1)13)16-3-4-17-5-7-18-8-6-17;10-9-5-4-7-2-1-3-8(7)6-9;9-4-1-2-5-6(3-4)8(12)10-7(5)11;9-8-2-1-6-4-10-5-7(6)3-8;7-1-2-8-3-5-9-6-4-8/h4-5,12,16H,1-3,6-11H2;1-2,9,15-16H,3-8,10-11H2;4-6H,1-3H2;1-3H,(H,10,11,12);1-3,10H,4-5H2;1-7H2. The van der Waals surface area contributed by atoms with Crippen LogP contribution in [0.1, 0.15) is 78.1 Å². The summed E-state index contributed by atoms with van der Waals surface area (Å²) in [6.07, 6.45) is 7.74. The first-order valence-corrected chi connectivity index (χ1v) is 30.0. The van der Waals surface area contributed by atoms with Crippen LogP contribution in [0, 0.1) is 0 Å². The van der Waals surface area contributed by atoms with Gasteiger partial charge in [-0.2, -0.15) is 0 Å². The molecule has 2 amide bonds.